The SMILES string of the molecule is CC(C)Cc1ccnc2c1CC(N1CCOCC1)CC2. The maximum atomic E-state index is 5.48. The van der Waals surface area contributed by atoms with Crippen LogP contribution in [0.15, 0.2) is 12.3 Å². The Morgan fingerprint density at radius 2 is 2.15 bits per heavy atom. The quantitative estimate of drug-likeness (QED) is 0.846. The van der Waals surface area contributed by atoms with E-state index in [4.69, 9.17) is 4.74 Å². The van der Waals surface area contributed by atoms with Crippen LogP contribution < -0.4 is 0 Å². The van der Waals surface area contributed by atoms with Gasteiger partial charge < -0.3 is 4.74 Å². The molecule has 0 N–H and O–H groups in total. The van der Waals surface area contributed by atoms with E-state index in [9.17, 15) is 0 Å². The normalized spacial score (nSPS) is 23.9. The highest BCUT2D eigenvalue weighted by Crippen LogP contribution is 2.27. The summed E-state index contributed by atoms with van der Waals surface area (Å²) in [6, 6.07) is 2.93. The molecule has 2 aliphatic rings. The molecule has 0 amide bonds. The molecule has 1 fully saturated rings. The Kier molecular flexibility index (Phi) is 4.37. The summed E-state index contributed by atoms with van der Waals surface area (Å²) in [6.07, 6.45) is 6.77. The van der Waals surface area contributed by atoms with E-state index in [1.165, 1.54) is 30.5 Å². The van der Waals surface area contributed by atoms with Crippen LogP contribution in [0.1, 0.15) is 37.1 Å². The Labute approximate surface area is 122 Å². The van der Waals surface area contributed by atoms with Gasteiger partial charge >= 0.3 is 0 Å². The molecule has 2 heterocycles. The van der Waals surface area contributed by atoms with Crippen molar-refractivity contribution in [2.45, 2.75) is 45.6 Å². The molecule has 1 saturated heterocycles. The van der Waals surface area contributed by atoms with Gasteiger partial charge in [0, 0.05) is 31.0 Å². The van der Waals surface area contributed by atoms with E-state index in [0.29, 0.717) is 12.0 Å². The molecule has 3 heteroatoms. The number of pyridine rings is 1. The average Bonchev–Trinajstić information content (AvgIpc) is 2.47. The molecule has 0 radical (unpaired) electrons. The minimum Gasteiger partial charge on any atom is -0.379 e. The van der Waals surface area contributed by atoms with Crippen molar-refractivity contribution in [2.75, 3.05) is 26.3 Å². The summed E-state index contributed by atoms with van der Waals surface area (Å²) >= 11 is 0. The van der Waals surface area contributed by atoms with Crippen molar-refractivity contribution in [2.24, 2.45) is 5.92 Å². The number of morpholine rings is 1. The van der Waals surface area contributed by atoms with Crippen molar-refractivity contribution in [3.05, 3.63) is 29.1 Å². The summed E-state index contributed by atoms with van der Waals surface area (Å²) in [7, 11) is 0. The molecule has 1 aliphatic carbocycles. The first-order chi connectivity index (χ1) is 9.74. The summed E-state index contributed by atoms with van der Waals surface area (Å²) in [6.45, 7) is 8.59. The highest BCUT2D eigenvalue weighted by Gasteiger charge is 2.27. The fraction of sp³-hybridized carbons (Fsp3) is 0.706. The van der Waals surface area contributed by atoms with Crippen LogP contribution in [0, 0.1) is 5.92 Å². The molecule has 0 spiro atoms. The molecule has 0 saturated carbocycles. The number of rotatable bonds is 3. The largest absolute Gasteiger partial charge is 0.379 e. The zero-order valence-corrected chi connectivity index (χ0v) is 12.8. The van der Waals surface area contributed by atoms with Gasteiger partial charge in [0.15, 0.2) is 0 Å². The van der Waals surface area contributed by atoms with E-state index in [-0.39, 0.29) is 0 Å². The van der Waals surface area contributed by atoms with Crippen LogP contribution >= 0.6 is 0 Å². The smallest absolute Gasteiger partial charge is 0.0594 e. The van der Waals surface area contributed by atoms with Crippen LogP contribution in [0.5, 0.6) is 0 Å². The summed E-state index contributed by atoms with van der Waals surface area (Å²) < 4.78 is 5.48. The Bertz CT molecular complexity index is 452. The van der Waals surface area contributed by atoms with Gasteiger partial charge in [0.2, 0.25) is 0 Å². The number of aromatic nitrogens is 1. The van der Waals surface area contributed by atoms with Crippen LogP contribution in [0.2, 0.25) is 0 Å². The van der Waals surface area contributed by atoms with Crippen molar-refractivity contribution >= 4 is 0 Å². The Morgan fingerprint density at radius 1 is 1.35 bits per heavy atom. The van der Waals surface area contributed by atoms with Crippen LogP contribution in [0.4, 0.5) is 0 Å². The fourth-order valence-electron chi connectivity index (χ4n) is 3.57. The summed E-state index contributed by atoms with van der Waals surface area (Å²) in [4.78, 5) is 7.25. The molecule has 1 aromatic rings. The van der Waals surface area contributed by atoms with E-state index < -0.39 is 0 Å². The third-order valence-corrected chi connectivity index (χ3v) is 4.59. The van der Waals surface area contributed by atoms with Crippen molar-refractivity contribution in [1.82, 2.24) is 9.88 Å². The van der Waals surface area contributed by atoms with Crippen molar-refractivity contribution in [3.8, 4) is 0 Å². The van der Waals surface area contributed by atoms with E-state index in [1.54, 1.807) is 5.56 Å². The topological polar surface area (TPSA) is 25.4 Å². The van der Waals surface area contributed by atoms with Gasteiger partial charge in [-0.2, -0.15) is 0 Å². The second kappa shape index (κ2) is 6.23. The number of fused-ring (bicyclic) bond motifs is 1. The molecule has 0 bridgehead atoms. The predicted octanol–water partition coefficient (Wildman–Crippen LogP) is 2.47. The molecule has 0 aromatic carbocycles. The van der Waals surface area contributed by atoms with Crippen LogP contribution in [0.25, 0.3) is 0 Å². The number of ether oxygens (including phenoxy) is 1. The molecular weight excluding hydrogens is 248 g/mol. The highest BCUT2D eigenvalue weighted by molar-refractivity contribution is 5.33. The summed E-state index contributed by atoms with van der Waals surface area (Å²) in [5, 5.41) is 0. The van der Waals surface area contributed by atoms with Gasteiger partial charge in [-0.25, -0.2) is 0 Å². The first-order valence-electron chi connectivity index (χ1n) is 8.01. The Hall–Kier alpha value is -0.930. The van der Waals surface area contributed by atoms with Crippen molar-refractivity contribution in [1.29, 1.82) is 0 Å². The standard InChI is InChI=1S/C17H26N2O/c1-13(2)11-14-5-6-18-17-4-3-15(12-16(14)17)19-7-9-20-10-8-19/h5-6,13,15H,3-4,7-12H2,1-2H3. The maximum absolute atomic E-state index is 5.48. The van der Waals surface area contributed by atoms with E-state index in [0.717, 1.165) is 32.7 Å². The third-order valence-electron chi connectivity index (χ3n) is 4.59. The second-order valence-corrected chi connectivity index (χ2v) is 6.54. The zero-order chi connectivity index (χ0) is 13.9. The van der Waals surface area contributed by atoms with Gasteiger partial charge in [-0.05, 0) is 48.8 Å². The second-order valence-electron chi connectivity index (χ2n) is 6.54. The average molecular weight is 274 g/mol. The molecule has 1 unspecified atom stereocenters. The minimum atomic E-state index is 0.696. The number of nitrogens with zero attached hydrogens (tertiary/aromatic N) is 2. The van der Waals surface area contributed by atoms with Gasteiger partial charge in [0.25, 0.3) is 0 Å². The molecule has 20 heavy (non-hydrogen) atoms. The lowest BCUT2D eigenvalue weighted by molar-refractivity contribution is 0.0135. The Balaban J connectivity index is 1.78. The van der Waals surface area contributed by atoms with Gasteiger partial charge in [0.1, 0.15) is 0 Å². The minimum absolute atomic E-state index is 0.696. The molecule has 1 aromatic heterocycles. The van der Waals surface area contributed by atoms with Crippen LogP contribution in [-0.2, 0) is 24.0 Å². The molecule has 1 atom stereocenters. The zero-order valence-electron chi connectivity index (χ0n) is 12.8. The molecule has 3 nitrogen and oxygen atoms in total. The third kappa shape index (κ3) is 3.04. The number of hydrogen-bond acceptors (Lipinski definition) is 3. The lowest BCUT2D eigenvalue weighted by Crippen LogP contribution is -2.46. The first kappa shape index (κ1) is 14.0. The number of hydrogen-bond donors (Lipinski definition) is 0. The van der Waals surface area contributed by atoms with Gasteiger partial charge in [0.05, 0.1) is 13.2 Å². The lowest BCUT2D eigenvalue weighted by Gasteiger charge is -2.37. The first-order valence-corrected chi connectivity index (χ1v) is 8.01. The molecular formula is C17H26N2O. The molecule has 1 aliphatic heterocycles. The lowest BCUT2D eigenvalue weighted by atomic mass is 9.85. The predicted molar refractivity (Wildman–Crippen MR) is 81.0 cm³/mol. The maximum Gasteiger partial charge on any atom is 0.0594 e. The van der Waals surface area contributed by atoms with Gasteiger partial charge in [-0.1, -0.05) is 13.8 Å². The van der Waals surface area contributed by atoms with E-state index >= 15 is 0 Å². The van der Waals surface area contributed by atoms with E-state index in [1.807, 2.05) is 6.20 Å². The van der Waals surface area contributed by atoms with E-state index in [2.05, 4.69) is 29.8 Å². The van der Waals surface area contributed by atoms with Crippen LogP contribution in [-0.4, -0.2) is 42.2 Å². The molecule has 110 valence electrons. The van der Waals surface area contributed by atoms with Crippen molar-refractivity contribution < 1.29 is 4.74 Å². The van der Waals surface area contributed by atoms with Crippen LogP contribution in [0.3, 0.4) is 0 Å². The van der Waals surface area contributed by atoms with Crippen molar-refractivity contribution in [3.63, 3.8) is 0 Å². The monoisotopic (exact) mass is 274 g/mol. The summed E-state index contributed by atoms with van der Waals surface area (Å²) in [5.41, 5.74) is 4.43. The summed E-state index contributed by atoms with van der Waals surface area (Å²) in [5.74, 6) is 0.713. The fourth-order valence-corrected chi connectivity index (χ4v) is 3.57. The Morgan fingerprint density at radius 3 is 2.90 bits per heavy atom. The molecule has 3 rings (SSSR count). The van der Waals surface area contributed by atoms with Gasteiger partial charge in [-0.15, -0.1) is 0 Å². The number of aryl methyl sites for hydroxylation is 1. The van der Waals surface area contributed by atoms with Gasteiger partial charge in [-0.3, -0.25) is 9.88 Å². The highest BCUT2D eigenvalue weighted by atomic mass is 16.5.